The van der Waals surface area contributed by atoms with Gasteiger partial charge in [-0.05, 0) is 37.7 Å². The number of amides is 1. The van der Waals surface area contributed by atoms with Gasteiger partial charge in [-0.3, -0.25) is 4.79 Å². The fourth-order valence-corrected chi connectivity index (χ4v) is 3.15. The van der Waals surface area contributed by atoms with Crippen molar-refractivity contribution in [1.82, 2.24) is 14.9 Å². The van der Waals surface area contributed by atoms with E-state index in [0.717, 1.165) is 18.5 Å². The van der Waals surface area contributed by atoms with Crippen LogP contribution in [-0.2, 0) is 6.54 Å². The van der Waals surface area contributed by atoms with Crippen molar-refractivity contribution in [2.45, 2.75) is 38.6 Å². The van der Waals surface area contributed by atoms with Crippen LogP contribution < -0.4 is 5.32 Å². The summed E-state index contributed by atoms with van der Waals surface area (Å²) < 4.78 is 0. The molecule has 0 radical (unpaired) electrons. The number of hydrogen-bond donors (Lipinski definition) is 1. The summed E-state index contributed by atoms with van der Waals surface area (Å²) in [6.07, 6.45) is 11.6. The maximum Gasteiger partial charge on any atom is 0.257 e. The average molecular weight is 350 g/mol. The molecule has 1 amide bonds. The van der Waals surface area contributed by atoms with Gasteiger partial charge >= 0.3 is 0 Å². The Morgan fingerprint density at radius 2 is 1.92 bits per heavy atom. The van der Waals surface area contributed by atoms with Gasteiger partial charge < -0.3 is 10.2 Å². The molecular formula is C21H26N4O. The molecule has 0 fully saturated rings. The molecule has 5 nitrogen and oxygen atoms in total. The molecule has 136 valence electrons. The Morgan fingerprint density at radius 1 is 1.15 bits per heavy atom. The molecule has 0 bridgehead atoms. The molecule has 2 aromatic rings. The summed E-state index contributed by atoms with van der Waals surface area (Å²) >= 11 is 0. The Bertz CT molecular complexity index is 740. The zero-order valence-electron chi connectivity index (χ0n) is 15.3. The van der Waals surface area contributed by atoms with Crippen molar-refractivity contribution >= 4 is 11.9 Å². The summed E-state index contributed by atoms with van der Waals surface area (Å²) in [5, 5.41) is 3.24. The minimum atomic E-state index is -0.0761. The van der Waals surface area contributed by atoms with Crippen LogP contribution in [0.1, 0.15) is 48.0 Å². The Labute approximate surface area is 155 Å². The summed E-state index contributed by atoms with van der Waals surface area (Å²) in [5.41, 5.74) is 3.13. The standard InChI is InChI=1S/C21H26N4O/c1-25(16-18-10-6-3-7-11-18)20(26)19-14-23-21(24-15-19)22-13-12-17-8-4-2-5-9-17/h3,6-8,10-11,14-15H,2,4-5,9,12-13,16H2,1H3,(H,22,23,24). The van der Waals surface area contributed by atoms with Crippen LogP contribution in [0.25, 0.3) is 0 Å². The van der Waals surface area contributed by atoms with Gasteiger partial charge in [-0.1, -0.05) is 42.0 Å². The molecule has 0 unspecified atom stereocenters. The van der Waals surface area contributed by atoms with Crippen LogP contribution in [0, 0.1) is 0 Å². The topological polar surface area (TPSA) is 58.1 Å². The molecule has 0 atom stereocenters. The third kappa shape index (κ3) is 5.15. The summed E-state index contributed by atoms with van der Waals surface area (Å²) in [6, 6.07) is 9.93. The van der Waals surface area contributed by atoms with E-state index < -0.39 is 0 Å². The molecule has 1 heterocycles. The summed E-state index contributed by atoms with van der Waals surface area (Å²) in [7, 11) is 1.79. The predicted octanol–water partition coefficient (Wildman–Crippen LogP) is 4.05. The SMILES string of the molecule is CN(Cc1ccccc1)C(=O)c1cnc(NCCC2=CCCCC2)nc1. The fraction of sp³-hybridized carbons (Fsp3) is 0.381. The summed E-state index contributed by atoms with van der Waals surface area (Å²) in [4.78, 5) is 22.7. The molecule has 3 rings (SSSR count). The molecule has 1 aromatic carbocycles. The highest BCUT2D eigenvalue weighted by Crippen LogP contribution is 2.19. The smallest absolute Gasteiger partial charge is 0.257 e. The Morgan fingerprint density at radius 3 is 2.62 bits per heavy atom. The lowest BCUT2D eigenvalue weighted by molar-refractivity contribution is 0.0784. The zero-order valence-corrected chi connectivity index (χ0v) is 15.3. The summed E-state index contributed by atoms with van der Waals surface area (Å²) in [5.74, 6) is 0.497. The van der Waals surface area contributed by atoms with Gasteiger partial charge in [0.25, 0.3) is 5.91 Å². The van der Waals surface area contributed by atoms with Crippen molar-refractivity contribution in [1.29, 1.82) is 0 Å². The first-order valence-electron chi connectivity index (χ1n) is 9.25. The highest BCUT2D eigenvalue weighted by atomic mass is 16.2. The van der Waals surface area contributed by atoms with E-state index in [-0.39, 0.29) is 5.91 Å². The molecule has 1 aliphatic carbocycles. The van der Waals surface area contributed by atoms with Gasteiger partial charge in [-0.15, -0.1) is 0 Å². The molecular weight excluding hydrogens is 324 g/mol. The first-order valence-corrected chi connectivity index (χ1v) is 9.25. The van der Waals surface area contributed by atoms with E-state index in [1.165, 1.54) is 31.3 Å². The first kappa shape index (κ1) is 18.1. The molecule has 5 heteroatoms. The third-order valence-corrected chi connectivity index (χ3v) is 4.62. The molecule has 1 aromatic heterocycles. The summed E-state index contributed by atoms with van der Waals surface area (Å²) in [6.45, 7) is 1.39. The molecule has 1 N–H and O–H groups in total. The minimum absolute atomic E-state index is 0.0761. The van der Waals surface area contributed by atoms with E-state index in [1.54, 1.807) is 24.3 Å². The highest BCUT2D eigenvalue weighted by Gasteiger charge is 2.13. The van der Waals surface area contributed by atoms with E-state index >= 15 is 0 Å². The first-order chi connectivity index (χ1) is 12.7. The number of benzene rings is 1. The number of carbonyl (C=O) groups is 1. The van der Waals surface area contributed by atoms with E-state index in [1.807, 2.05) is 30.3 Å². The van der Waals surface area contributed by atoms with Gasteiger partial charge in [0.15, 0.2) is 0 Å². The lowest BCUT2D eigenvalue weighted by atomic mass is 9.97. The van der Waals surface area contributed by atoms with E-state index in [4.69, 9.17) is 0 Å². The number of hydrogen-bond acceptors (Lipinski definition) is 4. The molecule has 26 heavy (non-hydrogen) atoms. The van der Waals surface area contributed by atoms with Crippen molar-refractivity contribution in [3.8, 4) is 0 Å². The number of nitrogens with one attached hydrogen (secondary N) is 1. The van der Waals surface area contributed by atoms with Crippen LogP contribution in [0.3, 0.4) is 0 Å². The average Bonchev–Trinajstić information content (AvgIpc) is 2.69. The maximum atomic E-state index is 12.5. The number of anilines is 1. The number of allylic oxidation sites excluding steroid dienone is 1. The van der Waals surface area contributed by atoms with Crippen molar-refractivity contribution in [2.24, 2.45) is 0 Å². The molecule has 1 aliphatic rings. The van der Waals surface area contributed by atoms with Crippen LogP contribution in [0.15, 0.2) is 54.4 Å². The van der Waals surface area contributed by atoms with Crippen molar-refractivity contribution < 1.29 is 4.79 Å². The van der Waals surface area contributed by atoms with Gasteiger partial charge in [0, 0.05) is 32.5 Å². The Kier molecular flexibility index (Phi) is 6.36. The second kappa shape index (κ2) is 9.13. The monoisotopic (exact) mass is 350 g/mol. The number of carbonyl (C=O) groups excluding carboxylic acids is 1. The second-order valence-electron chi connectivity index (χ2n) is 6.73. The quantitative estimate of drug-likeness (QED) is 0.765. The van der Waals surface area contributed by atoms with E-state index in [0.29, 0.717) is 18.1 Å². The van der Waals surface area contributed by atoms with Crippen LogP contribution in [0.4, 0.5) is 5.95 Å². The predicted molar refractivity (Wildman–Crippen MR) is 104 cm³/mol. The van der Waals surface area contributed by atoms with Gasteiger partial charge in [0.05, 0.1) is 5.56 Å². The Hall–Kier alpha value is -2.69. The maximum absolute atomic E-state index is 12.5. The van der Waals surface area contributed by atoms with Crippen molar-refractivity contribution in [3.05, 3.63) is 65.5 Å². The Balaban J connectivity index is 1.50. The number of nitrogens with zero attached hydrogens (tertiary/aromatic N) is 3. The van der Waals surface area contributed by atoms with Crippen LogP contribution in [0.2, 0.25) is 0 Å². The van der Waals surface area contributed by atoms with Crippen molar-refractivity contribution in [3.63, 3.8) is 0 Å². The van der Waals surface area contributed by atoms with Crippen molar-refractivity contribution in [2.75, 3.05) is 18.9 Å². The van der Waals surface area contributed by atoms with Gasteiger partial charge in [0.2, 0.25) is 5.95 Å². The van der Waals surface area contributed by atoms with Crippen LogP contribution >= 0.6 is 0 Å². The number of aromatic nitrogens is 2. The lowest BCUT2D eigenvalue weighted by Crippen LogP contribution is -2.26. The van der Waals surface area contributed by atoms with Gasteiger partial charge in [-0.25, -0.2) is 9.97 Å². The molecule has 0 aliphatic heterocycles. The van der Waals surface area contributed by atoms with Crippen LogP contribution in [0.5, 0.6) is 0 Å². The largest absolute Gasteiger partial charge is 0.354 e. The zero-order chi connectivity index (χ0) is 18.2. The van der Waals surface area contributed by atoms with E-state index in [2.05, 4.69) is 21.4 Å². The lowest BCUT2D eigenvalue weighted by Gasteiger charge is -2.17. The molecule has 0 spiro atoms. The van der Waals surface area contributed by atoms with Gasteiger partial charge in [0.1, 0.15) is 0 Å². The fourth-order valence-electron chi connectivity index (χ4n) is 3.15. The second-order valence-corrected chi connectivity index (χ2v) is 6.73. The third-order valence-electron chi connectivity index (χ3n) is 4.62. The van der Waals surface area contributed by atoms with E-state index in [9.17, 15) is 4.79 Å². The van der Waals surface area contributed by atoms with Gasteiger partial charge in [-0.2, -0.15) is 0 Å². The van der Waals surface area contributed by atoms with Crippen LogP contribution in [-0.4, -0.2) is 34.4 Å². The molecule has 0 saturated carbocycles. The number of rotatable bonds is 7. The normalized spacial score (nSPS) is 13.8. The minimum Gasteiger partial charge on any atom is -0.354 e. The highest BCUT2D eigenvalue weighted by molar-refractivity contribution is 5.93. The molecule has 0 saturated heterocycles.